The van der Waals surface area contributed by atoms with Gasteiger partial charge in [-0.25, -0.2) is 0 Å². The van der Waals surface area contributed by atoms with Gasteiger partial charge < -0.3 is 24.5 Å². The first-order valence-corrected chi connectivity index (χ1v) is 8.88. The normalized spacial score (nSPS) is 10.9. The van der Waals surface area contributed by atoms with Crippen molar-refractivity contribution in [1.82, 2.24) is 4.98 Å². The van der Waals surface area contributed by atoms with Crippen molar-refractivity contribution < 1.29 is 23.8 Å². The Morgan fingerprint density at radius 3 is 2.28 bits per heavy atom. The molecule has 29 heavy (non-hydrogen) atoms. The minimum absolute atomic E-state index is 0.132. The fraction of sp³-hybridized carbons (Fsp3) is 0.182. The third-order valence-corrected chi connectivity index (χ3v) is 4.40. The summed E-state index contributed by atoms with van der Waals surface area (Å²) in [5, 5.41) is 3.68. The highest BCUT2D eigenvalue weighted by Crippen LogP contribution is 2.38. The maximum atomic E-state index is 12.7. The van der Waals surface area contributed by atoms with Gasteiger partial charge in [-0.1, -0.05) is 6.07 Å². The number of fused-ring (bicyclic) bond motifs is 1. The number of hydrogen-bond acceptors (Lipinski definition) is 5. The van der Waals surface area contributed by atoms with Crippen molar-refractivity contribution in [3.05, 3.63) is 53.7 Å². The quantitative estimate of drug-likeness (QED) is 0.466. The predicted octanol–water partition coefficient (Wildman–Crippen LogP) is 4.05. The third-order valence-electron chi connectivity index (χ3n) is 4.40. The molecule has 0 radical (unpaired) electrons. The van der Waals surface area contributed by atoms with Gasteiger partial charge in [0.2, 0.25) is 11.7 Å². The van der Waals surface area contributed by atoms with Crippen LogP contribution in [0.25, 0.3) is 17.0 Å². The second kappa shape index (κ2) is 8.52. The van der Waals surface area contributed by atoms with E-state index in [1.165, 1.54) is 34.3 Å². The van der Waals surface area contributed by atoms with Crippen LogP contribution >= 0.6 is 0 Å². The number of ketones is 1. The molecular formula is C22H22N2O5. The van der Waals surface area contributed by atoms with Crippen LogP contribution in [0.5, 0.6) is 17.2 Å². The first-order valence-electron chi connectivity index (χ1n) is 8.88. The topological polar surface area (TPSA) is 89.7 Å². The molecule has 0 bridgehead atoms. The zero-order valence-electron chi connectivity index (χ0n) is 16.7. The van der Waals surface area contributed by atoms with Crippen molar-refractivity contribution in [2.75, 3.05) is 26.6 Å². The number of benzene rings is 2. The number of aromatic nitrogens is 1. The molecule has 1 amide bonds. The Morgan fingerprint density at radius 1 is 1.00 bits per heavy atom. The van der Waals surface area contributed by atoms with Crippen molar-refractivity contribution in [3.8, 4) is 17.2 Å². The van der Waals surface area contributed by atoms with E-state index in [1.807, 2.05) is 18.2 Å². The minimum atomic E-state index is -0.200. The molecule has 0 fully saturated rings. The number of aromatic amines is 1. The van der Waals surface area contributed by atoms with Gasteiger partial charge in [0.15, 0.2) is 17.3 Å². The molecule has 1 aromatic heterocycles. The number of methoxy groups -OCH3 is 3. The second-order valence-corrected chi connectivity index (χ2v) is 6.30. The number of H-pyrrole nitrogens is 1. The van der Waals surface area contributed by atoms with Crippen LogP contribution in [-0.2, 0) is 4.79 Å². The smallest absolute Gasteiger partial charge is 0.221 e. The Kier molecular flexibility index (Phi) is 5.87. The Morgan fingerprint density at radius 2 is 1.69 bits per heavy atom. The van der Waals surface area contributed by atoms with Crippen molar-refractivity contribution in [2.24, 2.45) is 0 Å². The van der Waals surface area contributed by atoms with Crippen LogP contribution in [0.1, 0.15) is 22.8 Å². The molecule has 1 heterocycles. The van der Waals surface area contributed by atoms with E-state index in [1.54, 1.807) is 24.4 Å². The summed E-state index contributed by atoms with van der Waals surface area (Å²) in [7, 11) is 4.52. The van der Waals surface area contributed by atoms with Crippen LogP contribution in [-0.4, -0.2) is 38.0 Å². The average molecular weight is 394 g/mol. The Hall–Kier alpha value is -3.74. The highest BCUT2D eigenvalue weighted by atomic mass is 16.5. The number of allylic oxidation sites excluding steroid dienone is 1. The van der Waals surface area contributed by atoms with Gasteiger partial charge in [0, 0.05) is 35.3 Å². The third kappa shape index (κ3) is 4.24. The monoisotopic (exact) mass is 394 g/mol. The number of hydrogen-bond donors (Lipinski definition) is 2. The summed E-state index contributed by atoms with van der Waals surface area (Å²) in [6.07, 6.45) is 5.04. The maximum absolute atomic E-state index is 12.7. The van der Waals surface area contributed by atoms with Crippen LogP contribution in [0.2, 0.25) is 0 Å². The molecule has 3 aromatic rings. The number of ether oxygens (including phenoxy) is 3. The van der Waals surface area contributed by atoms with E-state index in [0.717, 1.165) is 16.5 Å². The van der Waals surface area contributed by atoms with Gasteiger partial charge in [-0.2, -0.15) is 0 Å². The van der Waals surface area contributed by atoms with Gasteiger partial charge in [-0.05, 0) is 42.0 Å². The fourth-order valence-corrected chi connectivity index (χ4v) is 3.05. The number of nitrogens with one attached hydrogen (secondary N) is 2. The SMILES string of the molecule is COc1cc(C(=O)C=Cc2c[nH]c3cc(NC(C)=O)ccc23)cc(OC)c1OC. The van der Waals surface area contributed by atoms with Gasteiger partial charge in [-0.15, -0.1) is 0 Å². The molecule has 3 rings (SSSR count). The van der Waals surface area contributed by atoms with Crippen LogP contribution in [0.15, 0.2) is 42.6 Å². The lowest BCUT2D eigenvalue weighted by molar-refractivity contribution is -0.114. The molecule has 0 atom stereocenters. The summed E-state index contributed by atoms with van der Waals surface area (Å²) >= 11 is 0. The first kappa shape index (κ1) is 20.0. The molecular weight excluding hydrogens is 372 g/mol. The largest absolute Gasteiger partial charge is 0.493 e. The molecule has 7 heteroatoms. The number of carbonyl (C=O) groups is 2. The predicted molar refractivity (Wildman–Crippen MR) is 112 cm³/mol. The van der Waals surface area contributed by atoms with E-state index in [9.17, 15) is 9.59 Å². The molecule has 2 N–H and O–H groups in total. The van der Waals surface area contributed by atoms with E-state index in [2.05, 4.69) is 10.3 Å². The molecule has 0 saturated heterocycles. The van der Waals surface area contributed by atoms with E-state index in [-0.39, 0.29) is 11.7 Å². The van der Waals surface area contributed by atoms with Crippen LogP contribution in [0.3, 0.4) is 0 Å². The van der Waals surface area contributed by atoms with Gasteiger partial charge in [0.25, 0.3) is 0 Å². The van der Waals surface area contributed by atoms with E-state index < -0.39 is 0 Å². The molecule has 0 unspecified atom stereocenters. The summed E-state index contributed by atoms with van der Waals surface area (Å²) in [5.41, 5.74) is 2.84. The molecule has 150 valence electrons. The molecule has 0 spiro atoms. The molecule has 2 aromatic carbocycles. The van der Waals surface area contributed by atoms with E-state index in [0.29, 0.717) is 28.5 Å². The summed E-state index contributed by atoms with van der Waals surface area (Å²) in [6.45, 7) is 1.46. The Balaban J connectivity index is 1.88. The Bertz CT molecular complexity index is 1070. The molecule has 0 saturated carbocycles. The number of carbonyl (C=O) groups excluding carboxylic acids is 2. The lowest BCUT2D eigenvalue weighted by Gasteiger charge is -2.13. The molecule has 0 aliphatic rings. The van der Waals surface area contributed by atoms with Gasteiger partial charge >= 0.3 is 0 Å². The first-order chi connectivity index (χ1) is 14.0. The molecule has 0 aliphatic heterocycles. The molecule has 0 aliphatic carbocycles. The van der Waals surface area contributed by atoms with Gasteiger partial charge in [0.1, 0.15) is 0 Å². The lowest BCUT2D eigenvalue weighted by Crippen LogP contribution is -2.05. The van der Waals surface area contributed by atoms with Crippen LogP contribution in [0.4, 0.5) is 5.69 Å². The van der Waals surface area contributed by atoms with Crippen molar-refractivity contribution in [1.29, 1.82) is 0 Å². The number of anilines is 1. The number of rotatable bonds is 7. The second-order valence-electron chi connectivity index (χ2n) is 6.30. The lowest BCUT2D eigenvalue weighted by atomic mass is 10.1. The summed E-state index contributed by atoms with van der Waals surface area (Å²) in [6, 6.07) is 8.78. The van der Waals surface area contributed by atoms with Crippen molar-refractivity contribution >= 4 is 34.4 Å². The standard InChI is InChI=1S/C22H22N2O5/c1-13(25)24-16-6-7-17-14(12-23-18(17)11-16)5-8-19(26)15-9-20(27-2)22(29-4)21(10-15)28-3/h5-12,23H,1-4H3,(H,24,25). The van der Waals surface area contributed by atoms with E-state index in [4.69, 9.17) is 14.2 Å². The summed E-state index contributed by atoms with van der Waals surface area (Å²) in [4.78, 5) is 27.0. The van der Waals surface area contributed by atoms with Crippen LogP contribution < -0.4 is 19.5 Å². The summed E-state index contributed by atoms with van der Waals surface area (Å²) in [5.74, 6) is 0.935. The van der Waals surface area contributed by atoms with E-state index >= 15 is 0 Å². The van der Waals surface area contributed by atoms with Crippen molar-refractivity contribution in [2.45, 2.75) is 6.92 Å². The van der Waals surface area contributed by atoms with Gasteiger partial charge in [0.05, 0.1) is 21.3 Å². The molecule has 7 nitrogen and oxygen atoms in total. The fourth-order valence-electron chi connectivity index (χ4n) is 3.05. The zero-order chi connectivity index (χ0) is 21.0. The van der Waals surface area contributed by atoms with Crippen LogP contribution in [0, 0.1) is 0 Å². The van der Waals surface area contributed by atoms with Gasteiger partial charge in [-0.3, -0.25) is 9.59 Å². The summed E-state index contributed by atoms with van der Waals surface area (Å²) < 4.78 is 15.9. The minimum Gasteiger partial charge on any atom is -0.493 e. The van der Waals surface area contributed by atoms with Crippen molar-refractivity contribution in [3.63, 3.8) is 0 Å². The maximum Gasteiger partial charge on any atom is 0.221 e. The zero-order valence-corrected chi connectivity index (χ0v) is 16.7. The Labute approximate surface area is 168 Å². The average Bonchev–Trinajstić information content (AvgIpc) is 3.12. The highest BCUT2D eigenvalue weighted by molar-refractivity contribution is 6.08. The highest BCUT2D eigenvalue weighted by Gasteiger charge is 2.16. The number of amides is 1.